The predicted octanol–water partition coefficient (Wildman–Crippen LogP) is 3.56. The minimum atomic E-state index is -1.10. The molecule has 1 aliphatic rings. The fourth-order valence-electron chi connectivity index (χ4n) is 3.41. The third-order valence-electron chi connectivity index (χ3n) is 4.79. The van der Waals surface area contributed by atoms with E-state index in [1.54, 1.807) is 6.07 Å². The summed E-state index contributed by atoms with van der Waals surface area (Å²) in [5.41, 5.74) is -1.29. The number of ether oxygens (including phenoxy) is 1. The van der Waals surface area contributed by atoms with Crippen molar-refractivity contribution in [2.45, 2.75) is 71.4 Å². The van der Waals surface area contributed by atoms with Gasteiger partial charge in [0.2, 0.25) is 5.91 Å². The molecule has 0 bridgehead atoms. The number of benzene rings is 1. The van der Waals surface area contributed by atoms with Gasteiger partial charge in [-0.05, 0) is 52.7 Å². The molecule has 0 radical (unpaired) electrons. The summed E-state index contributed by atoms with van der Waals surface area (Å²) in [5, 5.41) is 5.29. The first-order chi connectivity index (χ1) is 13.0. The third-order valence-corrected chi connectivity index (χ3v) is 4.79. The maximum absolute atomic E-state index is 13.7. The normalized spacial score (nSPS) is 16.9. The average Bonchev–Trinajstić information content (AvgIpc) is 3.04. The largest absolute Gasteiger partial charge is 0.452 e. The van der Waals surface area contributed by atoms with Crippen molar-refractivity contribution in [1.29, 1.82) is 0 Å². The van der Waals surface area contributed by atoms with Crippen LogP contribution in [0.1, 0.15) is 59.8 Å². The molecule has 0 aromatic heterocycles. The van der Waals surface area contributed by atoms with Gasteiger partial charge in [0.25, 0.3) is 5.91 Å². The molecule has 0 saturated heterocycles. The number of rotatable bonds is 6. The van der Waals surface area contributed by atoms with Crippen LogP contribution >= 0.6 is 0 Å². The fourth-order valence-corrected chi connectivity index (χ4v) is 3.41. The van der Waals surface area contributed by atoms with Gasteiger partial charge < -0.3 is 15.4 Å². The quantitative estimate of drug-likeness (QED) is 0.725. The molecular weight excluding hydrogens is 363 g/mol. The Morgan fingerprint density at radius 3 is 2.36 bits per heavy atom. The maximum Gasteiger partial charge on any atom is 0.313 e. The number of hydrogen-bond donors (Lipinski definition) is 2. The minimum absolute atomic E-state index is 0.0236. The number of carbonyl (C=O) groups is 3. The van der Waals surface area contributed by atoms with Crippen molar-refractivity contribution in [2.24, 2.45) is 5.41 Å². The molecule has 1 aliphatic carbocycles. The van der Waals surface area contributed by atoms with E-state index in [-0.39, 0.29) is 18.0 Å². The Morgan fingerprint density at radius 1 is 1.18 bits per heavy atom. The Hall–Kier alpha value is -2.44. The van der Waals surface area contributed by atoms with E-state index in [1.165, 1.54) is 25.1 Å². The second-order valence-electron chi connectivity index (χ2n) is 8.48. The van der Waals surface area contributed by atoms with E-state index >= 15 is 0 Å². The van der Waals surface area contributed by atoms with Gasteiger partial charge in [-0.15, -0.1) is 0 Å². The summed E-state index contributed by atoms with van der Waals surface area (Å²) < 4.78 is 19.1. The number of para-hydroxylation sites is 1. The van der Waals surface area contributed by atoms with Gasteiger partial charge in [-0.25, -0.2) is 4.39 Å². The van der Waals surface area contributed by atoms with Crippen molar-refractivity contribution in [2.75, 3.05) is 5.32 Å². The van der Waals surface area contributed by atoms with Gasteiger partial charge in [0.15, 0.2) is 6.10 Å². The van der Waals surface area contributed by atoms with Crippen molar-refractivity contribution in [3.8, 4) is 0 Å². The molecule has 2 amide bonds. The van der Waals surface area contributed by atoms with Gasteiger partial charge in [0.1, 0.15) is 5.82 Å². The summed E-state index contributed by atoms with van der Waals surface area (Å²) in [5.74, 6) is -1.95. The smallest absolute Gasteiger partial charge is 0.313 e. The highest BCUT2D eigenvalue weighted by Gasteiger charge is 2.45. The van der Waals surface area contributed by atoms with Crippen molar-refractivity contribution in [1.82, 2.24) is 5.32 Å². The molecule has 1 aromatic rings. The van der Waals surface area contributed by atoms with Crippen LogP contribution in [0.4, 0.5) is 10.1 Å². The molecule has 2 rings (SSSR count). The van der Waals surface area contributed by atoms with Crippen LogP contribution in [0.5, 0.6) is 0 Å². The SMILES string of the molecule is CC(OC(=O)C1(CC(=O)NC(C)(C)C)CCCC1)C(=O)Nc1ccccc1F. The summed E-state index contributed by atoms with van der Waals surface area (Å²) in [4.78, 5) is 37.5. The van der Waals surface area contributed by atoms with Crippen LogP contribution in [0, 0.1) is 11.2 Å². The lowest BCUT2D eigenvalue weighted by Gasteiger charge is -2.29. The standard InChI is InChI=1S/C21H29FN2O4/c1-14(18(26)23-16-10-6-5-9-15(16)22)28-19(27)21(11-7-8-12-21)13-17(25)24-20(2,3)4/h5-6,9-10,14H,7-8,11-13H2,1-4H3,(H,23,26)(H,24,25). The van der Waals surface area contributed by atoms with Gasteiger partial charge in [0, 0.05) is 12.0 Å². The van der Waals surface area contributed by atoms with Gasteiger partial charge in [-0.2, -0.15) is 0 Å². The fraction of sp³-hybridized carbons (Fsp3) is 0.571. The summed E-state index contributed by atoms with van der Waals surface area (Å²) in [7, 11) is 0. The van der Waals surface area contributed by atoms with E-state index in [2.05, 4.69) is 10.6 Å². The molecule has 0 spiro atoms. The Labute approximate surface area is 165 Å². The van der Waals surface area contributed by atoms with E-state index in [0.717, 1.165) is 12.8 Å². The molecule has 1 fully saturated rings. The van der Waals surface area contributed by atoms with Crippen LogP contribution < -0.4 is 10.6 Å². The van der Waals surface area contributed by atoms with E-state index in [9.17, 15) is 18.8 Å². The average molecular weight is 392 g/mol. The number of esters is 1. The second kappa shape index (κ2) is 8.71. The van der Waals surface area contributed by atoms with Gasteiger partial charge in [-0.1, -0.05) is 25.0 Å². The number of nitrogens with one attached hydrogen (secondary N) is 2. The van der Waals surface area contributed by atoms with Gasteiger partial charge >= 0.3 is 5.97 Å². The van der Waals surface area contributed by atoms with Crippen molar-refractivity contribution >= 4 is 23.5 Å². The Balaban J connectivity index is 2.02. The summed E-state index contributed by atoms with van der Waals surface area (Å²) in [6, 6.07) is 5.77. The first-order valence-corrected chi connectivity index (χ1v) is 9.60. The molecule has 1 saturated carbocycles. The van der Waals surface area contributed by atoms with Crippen molar-refractivity contribution in [3.63, 3.8) is 0 Å². The van der Waals surface area contributed by atoms with E-state index < -0.39 is 34.8 Å². The van der Waals surface area contributed by atoms with Gasteiger partial charge in [0.05, 0.1) is 11.1 Å². The van der Waals surface area contributed by atoms with Crippen LogP contribution in [-0.4, -0.2) is 29.4 Å². The number of anilines is 1. The molecule has 1 aromatic carbocycles. The molecule has 1 unspecified atom stereocenters. The lowest BCUT2D eigenvalue weighted by Crippen LogP contribution is -2.45. The van der Waals surface area contributed by atoms with Crippen LogP contribution in [-0.2, 0) is 19.1 Å². The summed E-state index contributed by atoms with van der Waals surface area (Å²) in [6.07, 6.45) is 1.68. The van der Waals surface area contributed by atoms with E-state index in [1.807, 2.05) is 20.8 Å². The molecule has 6 nitrogen and oxygen atoms in total. The second-order valence-corrected chi connectivity index (χ2v) is 8.48. The zero-order chi connectivity index (χ0) is 20.9. The minimum Gasteiger partial charge on any atom is -0.452 e. The topological polar surface area (TPSA) is 84.5 Å². The highest BCUT2D eigenvalue weighted by Crippen LogP contribution is 2.42. The zero-order valence-electron chi connectivity index (χ0n) is 16.9. The molecule has 7 heteroatoms. The predicted molar refractivity (Wildman–Crippen MR) is 104 cm³/mol. The zero-order valence-corrected chi connectivity index (χ0v) is 16.9. The Morgan fingerprint density at radius 2 is 1.79 bits per heavy atom. The monoisotopic (exact) mass is 392 g/mol. The van der Waals surface area contributed by atoms with E-state index in [0.29, 0.717) is 12.8 Å². The lowest BCUT2D eigenvalue weighted by molar-refractivity contribution is -0.165. The number of carbonyl (C=O) groups excluding carboxylic acids is 3. The maximum atomic E-state index is 13.7. The van der Waals surface area contributed by atoms with Crippen molar-refractivity contribution in [3.05, 3.63) is 30.1 Å². The van der Waals surface area contributed by atoms with E-state index in [4.69, 9.17) is 4.74 Å². The molecule has 1 atom stereocenters. The van der Waals surface area contributed by atoms with Crippen LogP contribution in [0.3, 0.4) is 0 Å². The van der Waals surface area contributed by atoms with Crippen LogP contribution in [0.2, 0.25) is 0 Å². The Bertz CT molecular complexity index is 736. The number of halogens is 1. The molecule has 0 heterocycles. The van der Waals surface area contributed by atoms with Crippen LogP contribution in [0.15, 0.2) is 24.3 Å². The summed E-state index contributed by atoms with van der Waals surface area (Å²) >= 11 is 0. The highest BCUT2D eigenvalue weighted by molar-refractivity contribution is 5.96. The molecule has 154 valence electrons. The number of hydrogen-bond acceptors (Lipinski definition) is 4. The van der Waals surface area contributed by atoms with Crippen LogP contribution in [0.25, 0.3) is 0 Å². The lowest BCUT2D eigenvalue weighted by atomic mass is 9.82. The highest BCUT2D eigenvalue weighted by atomic mass is 19.1. The number of amides is 2. The first kappa shape index (κ1) is 21.9. The molecule has 2 N–H and O–H groups in total. The molecule has 0 aliphatic heterocycles. The molecular formula is C21H29FN2O4. The molecule has 28 heavy (non-hydrogen) atoms. The Kier molecular flexibility index (Phi) is 6.80. The van der Waals surface area contributed by atoms with Gasteiger partial charge in [-0.3, -0.25) is 14.4 Å². The summed E-state index contributed by atoms with van der Waals surface area (Å²) in [6.45, 7) is 7.06. The van der Waals surface area contributed by atoms with Crippen molar-refractivity contribution < 1.29 is 23.5 Å². The first-order valence-electron chi connectivity index (χ1n) is 9.60. The third kappa shape index (κ3) is 5.78.